The Balaban J connectivity index is 2.57. The van der Waals surface area contributed by atoms with Crippen LogP contribution < -0.4 is 14.8 Å². The highest BCUT2D eigenvalue weighted by Crippen LogP contribution is 2.37. The molecule has 0 radical (unpaired) electrons. The first kappa shape index (κ1) is 15.1. The highest BCUT2D eigenvalue weighted by atomic mass is 79.9. The number of hydrogen-bond acceptors (Lipinski definition) is 5. The van der Waals surface area contributed by atoms with Gasteiger partial charge in [0.1, 0.15) is 5.82 Å². The molecular formula is C13H13Br2N3O2. The third-order valence-electron chi connectivity index (χ3n) is 2.70. The molecule has 2 rings (SSSR count). The monoisotopic (exact) mass is 401 g/mol. The molecule has 0 amide bonds. The van der Waals surface area contributed by atoms with Crippen LogP contribution in [0.4, 0.5) is 5.82 Å². The van der Waals surface area contributed by atoms with Crippen molar-refractivity contribution in [3.63, 3.8) is 0 Å². The third-order valence-corrected chi connectivity index (χ3v) is 3.93. The van der Waals surface area contributed by atoms with E-state index in [0.29, 0.717) is 17.3 Å². The van der Waals surface area contributed by atoms with Gasteiger partial charge in [0.2, 0.25) is 0 Å². The van der Waals surface area contributed by atoms with Crippen molar-refractivity contribution in [2.75, 3.05) is 26.6 Å². The van der Waals surface area contributed by atoms with Gasteiger partial charge in [-0.3, -0.25) is 0 Å². The smallest absolute Gasteiger partial charge is 0.162 e. The van der Waals surface area contributed by atoms with Crippen LogP contribution in [0, 0.1) is 0 Å². The lowest BCUT2D eigenvalue weighted by molar-refractivity contribution is 0.355. The number of ether oxygens (including phenoxy) is 2. The summed E-state index contributed by atoms with van der Waals surface area (Å²) in [4.78, 5) is 8.78. The molecule has 0 fully saturated rings. The fraction of sp³-hybridized carbons (Fsp3) is 0.231. The minimum Gasteiger partial charge on any atom is -0.493 e. The molecule has 1 N–H and O–H groups in total. The number of aromatic nitrogens is 2. The highest BCUT2D eigenvalue weighted by Gasteiger charge is 2.14. The first-order chi connectivity index (χ1) is 9.60. The largest absolute Gasteiger partial charge is 0.493 e. The van der Waals surface area contributed by atoms with Gasteiger partial charge in [0, 0.05) is 23.3 Å². The highest BCUT2D eigenvalue weighted by molar-refractivity contribution is 9.11. The van der Waals surface area contributed by atoms with Crippen molar-refractivity contribution in [1.29, 1.82) is 0 Å². The molecule has 0 aliphatic heterocycles. The lowest BCUT2D eigenvalue weighted by Crippen LogP contribution is -1.99. The van der Waals surface area contributed by atoms with E-state index in [-0.39, 0.29) is 0 Å². The predicted molar refractivity (Wildman–Crippen MR) is 85.5 cm³/mol. The second kappa shape index (κ2) is 6.41. The lowest BCUT2D eigenvalue weighted by atomic mass is 10.2. The molecule has 7 heteroatoms. The molecule has 0 aliphatic carbocycles. The van der Waals surface area contributed by atoms with Gasteiger partial charge in [0.15, 0.2) is 17.3 Å². The Morgan fingerprint density at radius 3 is 2.30 bits per heavy atom. The second-order valence-corrected chi connectivity index (χ2v) is 5.54. The number of hydrogen-bond donors (Lipinski definition) is 1. The SMILES string of the molecule is CNc1nc(-c2cc(OC)c(OC)cc2Br)ncc1Br. The van der Waals surface area contributed by atoms with Gasteiger partial charge in [0.25, 0.3) is 0 Å². The number of benzene rings is 1. The molecule has 0 spiro atoms. The van der Waals surface area contributed by atoms with Crippen molar-refractivity contribution in [3.8, 4) is 22.9 Å². The summed E-state index contributed by atoms with van der Waals surface area (Å²) < 4.78 is 12.2. The van der Waals surface area contributed by atoms with E-state index in [2.05, 4.69) is 47.1 Å². The fourth-order valence-corrected chi connectivity index (χ4v) is 2.59. The molecule has 0 saturated heterocycles. The Morgan fingerprint density at radius 2 is 1.70 bits per heavy atom. The van der Waals surface area contributed by atoms with Crippen LogP contribution in [0.15, 0.2) is 27.3 Å². The molecule has 1 aromatic heterocycles. The molecule has 1 heterocycles. The summed E-state index contributed by atoms with van der Waals surface area (Å²) in [5.74, 6) is 2.58. The van der Waals surface area contributed by atoms with Crippen LogP contribution in [0.2, 0.25) is 0 Å². The van der Waals surface area contributed by atoms with E-state index in [0.717, 1.165) is 20.3 Å². The van der Waals surface area contributed by atoms with Crippen LogP contribution in [-0.4, -0.2) is 31.2 Å². The van der Waals surface area contributed by atoms with E-state index in [1.165, 1.54) is 0 Å². The van der Waals surface area contributed by atoms with Gasteiger partial charge in [-0.1, -0.05) is 0 Å². The number of nitrogens with one attached hydrogen (secondary N) is 1. The van der Waals surface area contributed by atoms with Crippen LogP contribution in [0.5, 0.6) is 11.5 Å². The van der Waals surface area contributed by atoms with Crippen LogP contribution in [0.25, 0.3) is 11.4 Å². The van der Waals surface area contributed by atoms with Gasteiger partial charge in [-0.2, -0.15) is 0 Å². The van der Waals surface area contributed by atoms with Crippen molar-refractivity contribution in [1.82, 2.24) is 9.97 Å². The van der Waals surface area contributed by atoms with Crippen molar-refractivity contribution in [3.05, 3.63) is 27.3 Å². The molecule has 1 aromatic carbocycles. The molecule has 5 nitrogen and oxygen atoms in total. The van der Waals surface area contributed by atoms with Crippen LogP contribution in [0.3, 0.4) is 0 Å². The van der Waals surface area contributed by atoms with E-state index in [1.807, 2.05) is 12.1 Å². The lowest BCUT2D eigenvalue weighted by Gasteiger charge is -2.12. The Kier molecular flexibility index (Phi) is 4.82. The van der Waals surface area contributed by atoms with Gasteiger partial charge < -0.3 is 14.8 Å². The molecule has 0 unspecified atom stereocenters. The minimum absolute atomic E-state index is 0.588. The number of halogens is 2. The fourth-order valence-electron chi connectivity index (χ4n) is 1.70. The average molecular weight is 403 g/mol. The maximum absolute atomic E-state index is 5.31. The van der Waals surface area contributed by atoms with Gasteiger partial charge in [-0.25, -0.2) is 9.97 Å². The number of methoxy groups -OCH3 is 2. The van der Waals surface area contributed by atoms with E-state index in [4.69, 9.17) is 9.47 Å². The minimum atomic E-state index is 0.588. The van der Waals surface area contributed by atoms with Gasteiger partial charge in [-0.15, -0.1) is 0 Å². The Bertz CT molecular complexity index is 635. The van der Waals surface area contributed by atoms with E-state index < -0.39 is 0 Å². The normalized spacial score (nSPS) is 10.2. The van der Waals surface area contributed by atoms with Crippen molar-refractivity contribution in [2.24, 2.45) is 0 Å². The van der Waals surface area contributed by atoms with Crippen LogP contribution in [0.1, 0.15) is 0 Å². The molecular weight excluding hydrogens is 390 g/mol. The molecule has 0 aliphatic rings. The van der Waals surface area contributed by atoms with Gasteiger partial charge >= 0.3 is 0 Å². The molecule has 0 atom stereocenters. The first-order valence-corrected chi connectivity index (χ1v) is 7.31. The number of nitrogens with zero attached hydrogens (tertiary/aromatic N) is 2. The molecule has 20 heavy (non-hydrogen) atoms. The predicted octanol–water partition coefficient (Wildman–Crippen LogP) is 3.73. The van der Waals surface area contributed by atoms with Crippen molar-refractivity contribution in [2.45, 2.75) is 0 Å². The van der Waals surface area contributed by atoms with E-state index in [9.17, 15) is 0 Å². The zero-order valence-electron chi connectivity index (χ0n) is 11.2. The number of rotatable bonds is 4. The Labute approximate surface area is 134 Å². The maximum atomic E-state index is 5.31. The summed E-state index contributed by atoms with van der Waals surface area (Å²) in [6, 6.07) is 3.67. The summed E-state index contributed by atoms with van der Waals surface area (Å²) in [5, 5.41) is 3.01. The third kappa shape index (κ3) is 2.88. The van der Waals surface area contributed by atoms with E-state index in [1.54, 1.807) is 27.5 Å². The van der Waals surface area contributed by atoms with Crippen molar-refractivity contribution >= 4 is 37.7 Å². The summed E-state index contributed by atoms with van der Waals surface area (Å²) in [7, 11) is 5.00. The molecule has 0 bridgehead atoms. The average Bonchev–Trinajstić information content (AvgIpc) is 2.47. The molecule has 2 aromatic rings. The summed E-state index contributed by atoms with van der Waals surface area (Å²) in [6.45, 7) is 0. The first-order valence-electron chi connectivity index (χ1n) is 5.73. The zero-order chi connectivity index (χ0) is 14.7. The zero-order valence-corrected chi connectivity index (χ0v) is 14.4. The Morgan fingerprint density at radius 1 is 1.05 bits per heavy atom. The van der Waals surface area contributed by atoms with Gasteiger partial charge in [-0.05, 0) is 44.0 Å². The van der Waals surface area contributed by atoms with E-state index >= 15 is 0 Å². The van der Waals surface area contributed by atoms with Crippen LogP contribution >= 0.6 is 31.9 Å². The maximum Gasteiger partial charge on any atom is 0.162 e. The summed E-state index contributed by atoms with van der Waals surface area (Å²) >= 11 is 6.89. The second-order valence-electron chi connectivity index (χ2n) is 3.83. The topological polar surface area (TPSA) is 56.3 Å². The molecule has 0 saturated carbocycles. The summed E-state index contributed by atoms with van der Waals surface area (Å²) in [6.07, 6.45) is 1.71. The van der Waals surface area contributed by atoms with Gasteiger partial charge in [0.05, 0.1) is 18.7 Å². The number of anilines is 1. The summed E-state index contributed by atoms with van der Waals surface area (Å²) in [5.41, 5.74) is 0.826. The van der Waals surface area contributed by atoms with Crippen LogP contribution in [-0.2, 0) is 0 Å². The van der Waals surface area contributed by atoms with Crippen molar-refractivity contribution < 1.29 is 9.47 Å². The quantitative estimate of drug-likeness (QED) is 0.844. The Hall–Kier alpha value is -1.34. The standard InChI is InChI=1S/C13H13Br2N3O2/c1-16-13-9(15)6-17-12(18-13)7-4-10(19-2)11(20-3)5-8(7)14/h4-6H,1-3H3,(H,16,17,18). The molecule has 106 valence electrons.